The Morgan fingerprint density at radius 3 is 2.56 bits per heavy atom. The fourth-order valence-electron chi connectivity index (χ4n) is 3.57. The number of aromatic nitrogens is 2. The van der Waals surface area contributed by atoms with Gasteiger partial charge in [-0.25, -0.2) is 9.97 Å². The molecule has 1 saturated heterocycles. The average Bonchev–Trinajstić information content (AvgIpc) is 2.87. The van der Waals surface area contributed by atoms with E-state index >= 15 is 0 Å². The molecule has 0 aliphatic carbocycles. The van der Waals surface area contributed by atoms with Crippen LogP contribution < -0.4 is 19.9 Å². The molecule has 0 spiro atoms. The molecule has 1 aliphatic heterocycles. The highest BCUT2D eigenvalue weighted by Gasteiger charge is 2.19. The van der Waals surface area contributed by atoms with Gasteiger partial charge in [0.15, 0.2) is 0 Å². The largest absolute Gasteiger partial charge is 0.497 e. The van der Waals surface area contributed by atoms with Crippen molar-refractivity contribution in [2.45, 2.75) is 11.6 Å². The Balaban J connectivity index is 1.27. The number of hydrogen-bond donors (Lipinski definition) is 1. The molecule has 0 atom stereocenters. The third-order valence-electron chi connectivity index (χ3n) is 5.33. The van der Waals surface area contributed by atoms with E-state index in [2.05, 4.69) is 37.2 Å². The smallest absolute Gasteiger partial charge is 0.230 e. The molecule has 8 heteroatoms. The van der Waals surface area contributed by atoms with Crippen LogP contribution in [0.25, 0.3) is 0 Å². The molecule has 2 heterocycles. The molecule has 0 saturated carbocycles. The van der Waals surface area contributed by atoms with Gasteiger partial charge in [0.05, 0.1) is 12.9 Å². The van der Waals surface area contributed by atoms with E-state index in [0.29, 0.717) is 12.3 Å². The van der Waals surface area contributed by atoms with Crippen LogP contribution in [-0.4, -0.2) is 54.9 Å². The van der Waals surface area contributed by atoms with Crippen LogP contribution in [0.5, 0.6) is 5.75 Å². The number of methoxy groups -OCH3 is 1. The standard InChI is InChI=1S/C24H27N5O2S/c1-31-21-9-5-8-20(14-21)28-10-12-29(13-11-28)22-15-24(27-18-26-22)32-17-23(30)25-16-19-6-3-2-4-7-19/h2-9,14-15,18H,10-13,16-17H2,1H3,(H,25,30). The van der Waals surface area contributed by atoms with Gasteiger partial charge in [-0.3, -0.25) is 4.79 Å². The minimum atomic E-state index is -0.00841. The lowest BCUT2D eigenvalue weighted by Gasteiger charge is -2.36. The van der Waals surface area contributed by atoms with Crippen molar-refractivity contribution in [1.29, 1.82) is 0 Å². The summed E-state index contributed by atoms with van der Waals surface area (Å²) in [7, 11) is 1.69. The number of rotatable bonds is 8. The monoisotopic (exact) mass is 449 g/mol. The zero-order valence-corrected chi connectivity index (χ0v) is 18.9. The summed E-state index contributed by atoms with van der Waals surface area (Å²) in [6.07, 6.45) is 1.58. The molecular weight excluding hydrogens is 422 g/mol. The average molecular weight is 450 g/mol. The second-order valence-electron chi connectivity index (χ2n) is 7.44. The van der Waals surface area contributed by atoms with Crippen molar-refractivity contribution in [3.05, 3.63) is 72.6 Å². The predicted octanol–water partition coefficient (Wildman–Crippen LogP) is 3.22. The first-order valence-corrected chi connectivity index (χ1v) is 11.6. The Morgan fingerprint density at radius 1 is 1.00 bits per heavy atom. The molecule has 166 valence electrons. The number of hydrogen-bond acceptors (Lipinski definition) is 7. The number of nitrogens with one attached hydrogen (secondary N) is 1. The molecule has 0 radical (unpaired) electrons. The second-order valence-corrected chi connectivity index (χ2v) is 8.44. The van der Waals surface area contributed by atoms with Crippen LogP contribution in [0.15, 0.2) is 72.0 Å². The van der Waals surface area contributed by atoms with Crippen molar-refractivity contribution in [1.82, 2.24) is 15.3 Å². The molecule has 1 N–H and O–H groups in total. The van der Waals surface area contributed by atoms with Gasteiger partial charge in [-0.1, -0.05) is 48.2 Å². The van der Waals surface area contributed by atoms with Gasteiger partial charge in [-0.2, -0.15) is 0 Å². The summed E-state index contributed by atoms with van der Waals surface area (Å²) in [6.45, 7) is 4.09. The maximum absolute atomic E-state index is 12.2. The molecule has 7 nitrogen and oxygen atoms in total. The van der Waals surface area contributed by atoms with Crippen molar-refractivity contribution in [2.24, 2.45) is 0 Å². The minimum absolute atomic E-state index is 0.00841. The number of benzene rings is 2. The molecule has 0 bridgehead atoms. The van der Waals surface area contributed by atoms with Gasteiger partial charge in [-0.05, 0) is 17.7 Å². The van der Waals surface area contributed by atoms with E-state index in [1.807, 2.05) is 48.5 Å². The van der Waals surface area contributed by atoms with E-state index in [1.54, 1.807) is 13.4 Å². The Labute approximate surface area is 192 Å². The molecule has 4 rings (SSSR count). The van der Waals surface area contributed by atoms with Crippen LogP contribution in [0, 0.1) is 0 Å². The fraction of sp³-hybridized carbons (Fsp3) is 0.292. The van der Waals surface area contributed by atoms with Gasteiger partial charge >= 0.3 is 0 Å². The number of carbonyl (C=O) groups excluding carboxylic acids is 1. The van der Waals surface area contributed by atoms with Crippen molar-refractivity contribution in [3.63, 3.8) is 0 Å². The van der Waals surface area contributed by atoms with Crippen LogP contribution in [-0.2, 0) is 11.3 Å². The Bertz CT molecular complexity index is 1030. The molecule has 1 amide bonds. The van der Waals surface area contributed by atoms with Gasteiger partial charge in [0.25, 0.3) is 0 Å². The highest BCUT2D eigenvalue weighted by Crippen LogP contribution is 2.24. The van der Waals surface area contributed by atoms with Crippen molar-refractivity contribution >= 4 is 29.2 Å². The lowest BCUT2D eigenvalue weighted by atomic mass is 10.2. The highest BCUT2D eigenvalue weighted by molar-refractivity contribution is 7.99. The molecule has 0 unspecified atom stereocenters. The molecule has 3 aromatic rings. The number of nitrogens with zero attached hydrogens (tertiary/aromatic N) is 4. The quantitative estimate of drug-likeness (QED) is 0.418. The van der Waals surface area contributed by atoms with Crippen molar-refractivity contribution < 1.29 is 9.53 Å². The summed E-state index contributed by atoms with van der Waals surface area (Å²) in [5.74, 6) is 2.09. The zero-order chi connectivity index (χ0) is 22.2. The molecule has 1 aromatic heterocycles. The minimum Gasteiger partial charge on any atom is -0.497 e. The molecule has 32 heavy (non-hydrogen) atoms. The Kier molecular flexibility index (Phi) is 7.45. The van der Waals surface area contributed by atoms with Crippen LogP contribution >= 0.6 is 11.8 Å². The second kappa shape index (κ2) is 10.9. The Hall–Kier alpha value is -3.26. The third kappa shape index (κ3) is 5.91. The summed E-state index contributed by atoms with van der Waals surface area (Å²) in [4.78, 5) is 25.6. The van der Waals surface area contributed by atoms with E-state index in [1.165, 1.54) is 17.4 Å². The zero-order valence-electron chi connectivity index (χ0n) is 18.1. The number of amides is 1. The van der Waals surface area contributed by atoms with Crippen LogP contribution in [0.3, 0.4) is 0 Å². The van der Waals surface area contributed by atoms with Crippen LogP contribution in [0.4, 0.5) is 11.5 Å². The maximum Gasteiger partial charge on any atom is 0.230 e. The number of thioether (sulfide) groups is 1. The normalized spacial score (nSPS) is 13.7. The van der Waals surface area contributed by atoms with Gasteiger partial charge in [-0.15, -0.1) is 0 Å². The number of anilines is 2. The summed E-state index contributed by atoms with van der Waals surface area (Å²) in [6, 6.07) is 20.0. The van der Waals surface area contributed by atoms with Crippen LogP contribution in [0.1, 0.15) is 5.56 Å². The summed E-state index contributed by atoms with van der Waals surface area (Å²) >= 11 is 1.43. The SMILES string of the molecule is COc1cccc(N2CCN(c3cc(SCC(=O)NCc4ccccc4)ncn3)CC2)c1. The van der Waals surface area contributed by atoms with Gasteiger partial charge in [0.2, 0.25) is 5.91 Å². The third-order valence-corrected chi connectivity index (χ3v) is 6.26. The first kappa shape index (κ1) is 22.0. The first-order valence-electron chi connectivity index (χ1n) is 10.6. The molecule has 1 aliphatic rings. The number of ether oxygens (including phenoxy) is 1. The topological polar surface area (TPSA) is 70.6 Å². The van der Waals surface area contributed by atoms with Crippen LogP contribution in [0.2, 0.25) is 0 Å². The summed E-state index contributed by atoms with van der Waals surface area (Å²) in [5.41, 5.74) is 2.26. The van der Waals surface area contributed by atoms with Gasteiger partial charge < -0.3 is 19.9 Å². The first-order chi connectivity index (χ1) is 15.7. The van der Waals surface area contributed by atoms with E-state index < -0.39 is 0 Å². The Morgan fingerprint density at radius 2 is 1.78 bits per heavy atom. The molecular formula is C24H27N5O2S. The van der Waals surface area contributed by atoms with Gasteiger partial charge in [0, 0.05) is 50.5 Å². The van der Waals surface area contributed by atoms with Crippen molar-refractivity contribution in [2.75, 3.05) is 48.8 Å². The van der Waals surface area contributed by atoms with E-state index in [4.69, 9.17) is 4.74 Å². The number of piperazine rings is 1. The van der Waals surface area contributed by atoms with E-state index in [9.17, 15) is 4.79 Å². The summed E-state index contributed by atoms with van der Waals surface area (Å²) < 4.78 is 5.34. The molecule has 1 fully saturated rings. The summed E-state index contributed by atoms with van der Waals surface area (Å²) in [5, 5.41) is 3.75. The highest BCUT2D eigenvalue weighted by atomic mass is 32.2. The predicted molar refractivity (Wildman–Crippen MR) is 128 cm³/mol. The van der Waals surface area contributed by atoms with E-state index in [0.717, 1.165) is 48.3 Å². The number of carbonyl (C=O) groups is 1. The lowest BCUT2D eigenvalue weighted by molar-refractivity contribution is -0.118. The van der Waals surface area contributed by atoms with Crippen molar-refractivity contribution in [3.8, 4) is 5.75 Å². The lowest BCUT2D eigenvalue weighted by Crippen LogP contribution is -2.46. The molecule has 2 aromatic carbocycles. The maximum atomic E-state index is 12.2. The van der Waals surface area contributed by atoms with E-state index in [-0.39, 0.29) is 5.91 Å². The van der Waals surface area contributed by atoms with Gasteiger partial charge in [0.1, 0.15) is 22.9 Å². The fourth-order valence-corrected chi connectivity index (χ4v) is 4.26.